The van der Waals surface area contributed by atoms with Crippen molar-refractivity contribution in [3.8, 4) is 11.3 Å². The van der Waals surface area contributed by atoms with Crippen LogP contribution >= 0.6 is 0 Å². The van der Waals surface area contributed by atoms with E-state index >= 15 is 0 Å². The van der Waals surface area contributed by atoms with Gasteiger partial charge in [-0.3, -0.25) is 14.0 Å². The number of imidazole rings is 1. The molecule has 188 valence electrons. The minimum absolute atomic E-state index is 0.0421. The third-order valence-electron chi connectivity index (χ3n) is 7.08. The van der Waals surface area contributed by atoms with Crippen LogP contribution in [0.5, 0.6) is 0 Å². The Morgan fingerprint density at radius 2 is 1.92 bits per heavy atom. The lowest BCUT2D eigenvalue weighted by atomic mass is 10.1. The van der Waals surface area contributed by atoms with E-state index in [1.165, 1.54) is 0 Å². The van der Waals surface area contributed by atoms with Gasteiger partial charge >= 0.3 is 0 Å². The Bertz CT molecular complexity index is 1450. The highest BCUT2D eigenvalue weighted by atomic mass is 16.5. The molecule has 0 radical (unpaired) electrons. The molecular weight excluding hydrogens is 470 g/mol. The number of nitrogens with zero attached hydrogens (tertiary/aromatic N) is 5. The van der Waals surface area contributed by atoms with Gasteiger partial charge in [-0.05, 0) is 37.1 Å². The number of fused-ring (bicyclic) bond motifs is 1. The van der Waals surface area contributed by atoms with E-state index in [0.717, 1.165) is 29.7 Å². The number of likely N-dealkylation sites (tertiary alicyclic amines) is 1. The van der Waals surface area contributed by atoms with E-state index in [-0.39, 0.29) is 23.7 Å². The van der Waals surface area contributed by atoms with Crippen molar-refractivity contribution in [3.63, 3.8) is 0 Å². The molecule has 3 N–H and O–H groups in total. The van der Waals surface area contributed by atoms with Gasteiger partial charge in [-0.2, -0.15) is 0 Å². The zero-order valence-corrected chi connectivity index (χ0v) is 20.2. The van der Waals surface area contributed by atoms with E-state index in [0.29, 0.717) is 49.2 Å². The smallest absolute Gasteiger partial charge is 0.256 e. The molecule has 0 bridgehead atoms. The second-order valence-corrected chi connectivity index (χ2v) is 9.43. The van der Waals surface area contributed by atoms with E-state index in [1.807, 2.05) is 33.7 Å². The fourth-order valence-corrected chi connectivity index (χ4v) is 5.14. The maximum Gasteiger partial charge on any atom is 0.256 e. The van der Waals surface area contributed by atoms with Gasteiger partial charge in [0.25, 0.3) is 5.91 Å². The van der Waals surface area contributed by atoms with Crippen LogP contribution in [0.3, 0.4) is 0 Å². The molecule has 0 aliphatic carbocycles. The third-order valence-corrected chi connectivity index (χ3v) is 7.08. The monoisotopic (exact) mass is 497 g/mol. The fraction of sp³-hybridized carbons (Fsp3) is 0.296. The van der Waals surface area contributed by atoms with Crippen molar-refractivity contribution in [2.45, 2.75) is 18.8 Å². The number of carbonyl (C=O) groups excluding carboxylic acids is 2. The zero-order chi connectivity index (χ0) is 25.4. The molecule has 0 spiro atoms. The van der Waals surface area contributed by atoms with Gasteiger partial charge < -0.3 is 20.7 Å². The average molecular weight is 498 g/mol. The lowest BCUT2D eigenvalue weighted by Gasteiger charge is -2.19. The summed E-state index contributed by atoms with van der Waals surface area (Å²) >= 11 is 0. The van der Waals surface area contributed by atoms with Crippen molar-refractivity contribution in [2.75, 3.05) is 37.4 Å². The number of benzene rings is 1. The first-order chi connectivity index (χ1) is 18.1. The highest BCUT2D eigenvalue weighted by molar-refractivity contribution is 6.04. The molecular formula is C27H27N7O3. The topological polar surface area (TPSA) is 128 Å². The summed E-state index contributed by atoms with van der Waals surface area (Å²) < 4.78 is 7.40. The van der Waals surface area contributed by atoms with Crippen LogP contribution in [0, 0.1) is 5.92 Å². The summed E-state index contributed by atoms with van der Waals surface area (Å²) in [5.41, 5.74) is 9.06. The number of hydrogen-bond acceptors (Lipinski definition) is 7. The van der Waals surface area contributed by atoms with Crippen LogP contribution in [0.25, 0.3) is 16.8 Å². The molecule has 5 heterocycles. The highest BCUT2D eigenvalue weighted by Crippen LogP contribution is 2.34. The van der Waals surface area contributed by atoms with E-state index in [9.17, 15) is 9.59 Å². The molecule has 10 heteroatoms. The van der Waals surface area contributed by atoms with E-state index in [4.69, 9.17) is 15.5 Å². The summed E-state index contributed by atoms with van der Waals surface area (Å²) in [6, 6.07) is 12.6. The Kier molecular flexibility index (Phi) is 6.01. The van der Waals surface area contributed by atoms with Crippen LogP contribution in [0.2, 0.25) is 0 Å². The van der Waals surface area contributed by atoms with Crippen molar-refractivity contribution in [2.24, 2.45) is 5.92 Å². The number of pyridine rings is 1. The van der Waals surface area contributed by atoms with Crippen molar-refractivity contribution in [1.82, 2.24) is 24.3 Å². The number of anilines is 2. The van der Waals surface area contributed by atoms with Gasteiger partial charge in [-0.15, -0.1) is 0 Å². The molecule has 1 unspecified atom stereocenters. The van der Waals surface area contributed by atoms with Crippen molar-refractivity contribution in [1.29, 1.82) is 0 Å². The number of hydrogen-bond donors (Lipinski definition) is 2. The molecule has 2 fully saturated rings. The number of ether oxygens (including phenoxy) is 1. The number of carbonyl (C=O) groups is 2. The summed E-state index contributed by atoms with van der Waals surface area (Å²) in [5.74, 6) is 1.69. The average Bonchev–Trinajstić information content (AvgIpc) is 3.69. The molecule has 4 aromatic rings. The van der Waals surface area contributed by atoms with Crippen LogP contribution < -0.4 is 11.1 Å². The summed E-state index contributed by atoms with van der Waals surface area (Å²) in [6.07, 6.45) is 6.76. The van der Waals surface area contributed by atoms with Gasteiger partial charge in [0.15, 0.2) is 0 Å². The molecule has 0 saturated carbocycles. The van der Waals surface area contributed by atoms with E-state index in [1.54, 1.807) is 36.7 Å². The number of nitrogen functional groups attached to an aromatic ring is 1. The highest BCUT2D eigenvalue weighted by Gasteiger charge is 2.35. The first-order valence-electron chi connectivity index (χ1n) is 12.4. The van der Waals surface area contributed by atoms with E-state index in [2.05, 4.69) is 15.3 Å². The number of amides is 2. The molecule has 2 atom stereocenters. The molecule has 2 amide bonds. The first-order valence-corrected chi connectivity index (χ1v) is 12.4. The summed E-state index contributed by atoms with van der Waals surface area (Å²) in [4.78, 5) is 40.9. The minimum atomic E-state index is -0.245. The number of aromatic nitrogens is 4. The lowest BCUT2D eigenvalue weighted by molar-refractivity contribution is -0.134. The van der Waals surface area contributed by atoms with Gasteiger partial charge in [0.2, 0.25) is 5.91 Å². The third kappa shape index (κ3) is 4.40. The van der Waals surface area contributed by atoms with E-state index < -0.39 is 0 Å². The number of nitrogens with one attached hydrogen (secondary N) is 1. The largest absolute Gasteiger partial charge is 0.382 e. The normalized spacial score (nSPS) is 19.4. The Labute approximate surface area is 213 Å². The number of rotatable bonds is 5. The van der Waals surface area contributed by atoms with Gasteiger partial charge in [0, 0.05) is 55.3 Å². The second kappa shape index (κ2) is 9.62. The van der Waals surface area contributed by atoms with Gasteiger partial charge in [0.05, 0.1) is 12.5 Å². The number of nitrogens with two attached hydrogens (primary N) is 1. The van der Waals surface area contributed by atoms with Crippen LogP contribution in [0.4, 0.5) is 11.6 Å². The predicted octanol–water partition coefficient (Wildman–Crippen LogP) is 2.98. The molecule has 2 aliphatic rings. The first kappa shape index (κ1) is 23.1. The molecule has 6 rings (SSSR count). The Morgan fingerprint density at radius 3 is 2.68 bits per heavy atom. The van der Waals surface area contributed by atoms with Crippen LogP contribution in [0.1, 0.15) is 34.9 Å². The molecule has 1 aromatic carbocycles. The van der Waals surface area contributed by atoms with Crippen molar-refractivity contribution >= 4 is 29.0 Å². The maximum absolute atomic E-state index is 12.9. The van der Waals surface area contributed by atoms with Crippen molar-refractivity contribution < 1.29 is 14.3 Å². The standard InChI is InChI=1S/C27H27N7O3/c28-24-23-22(17-4-6-18(7-5-17)26(35)31-21-3-1-2-10-29-21)32-25(34(23)13-11-30-24)19-8-12-33(15-19)27(36)20-9-14-37-16-20/h1-7,10-11,13,19-20H,8-9,12,14-16H2,(H2,28,30)(H,29,31,35)/t19?,20-/m0/s1. The summed E-state index contributed by atoms with van der Waals surface area (Å²) in [7, 11) is 0. The molecule has 10 nitrogen and oxygen atoms in total. The molecule has 2 saturated heterocycles. The van der Waals surface area contributed by atoms with Crippen LogP contribution in [-0.2, 0) is 9.53 Å². The Balaban J connectivity index is 1.27. The van der Waals surface area contributed by atoms with Crippen LogP contribution in [0.15, 0.2) is 61.1 Å². The summed E-state index contributed by atoms with van der Waals surface area (Å²) in [5, 5.41) is 2.79. The Morgan fingerprint density at radius 1 is 1.05 bits per heavy atom. The predicted molar refractivity (Wildman–Crippen MR) is 138 cm³/mol. The molecule has 37 heavy (non-hydrogen) atoms. The minimum Gasteiger partial charge on any atom is -0.382 e. The molecule has 2 aliphatic heterocycles. The van der Waals surface area contributed by atoms with Crippen LogP contribution in [-0.4, -0.2) is 62.4 Å². The van der Waals surface area contributed by atoms with Crippen molar-refractivity contribution in [3.05, 3.63) is 72.4 Å². The maximum atomic E-state index is 12.9. The lowest BCUT2D eigenvalue weighted by Crippen LogP contribution is -2.34. The Hall–Kier alpha value is -4.31. The van der Waals surface area contributed by atoms with Gasteiger partial charge in [-0.1, -0.05) is 18.2 Å². The quantitative estimate of drug-likeness (QED) is 0.434. The zero-order valence-electron chi connectivity index (χ0n) is 20.2. The fourth-order valence-electron chi connectivity index (χ4n) is 5.14. The van der Waals surface area contributed by atoms with Gasteiger partial charge in [-0.25, -0.2) is 15.0 Å². The molecule has 3 aromatic heterocycles. The van der Waals surface area contributed by atoms with Gasteiger partial charge in [0.1, 0.15) is 28.7 Å². The summed E-state index contributed by atoms with van der Waals surface area (Å²) in [6.45, 7) is 2.47. The SMILES string of the molecule is Nc1nccn2c(C3CCN(C(=O)[C@H]4CCOC4)C3)nc(-c3ccc(C(=O)Nc4ccccn4)cc3)c12. The second-order valence-electron chi connectivity index (χ2n) is 9.43.